The molecule has 92 valence electrons. The predicted molar refractivity (Wildman–Crippen MR) is 58.4 cm³/mol. The minimum Gasteiger partial charge on any atom is -0.756 e. The van der Waals surface area contributed by atoms with E-state index in [4.69, 9.17) is 9.05 Å². The van der Waals surface area contributed by atoms with Crippen molar-refractivity contribution in [1.82, 2.24) is 0 Å². The minimum atomic E-state index is -4.05. The molecule has 0 aromatic rings. The van der Waals surface area contributed by atoms with Crippen molar-refractivity contribution in [3.05, 3.63) is 0 Å². The van der Waals surface area contributed by atoms with Gasteiger partial charge in [-0.3, -0.25) is 4.57 Å². The van der Waals surface area contributed by atoms with E-state index < -0.39 is 7.82 Å². The van der Waals surface area contributed by atoms with Gasteiger partial charge >= 0.3 is 29.6 Å². The van der Waals surface area contributed by atoms with Gasteiger partial charge in [-0.05, 0) is 24.7 Å². The van der Waals surface area contributed by atoms with Crippen molar-refractivity contribution in [1.29, 1.82) is 0 Å². The molecular formula is C10H22NaO4P. The van der Waals surface area contributed by atoms with Gasteiger partial charge in [-0.15, -0.1) is 0 Å². The quantitative estimate of drug-likeness (QED) is 0.439. The monoisotopic (exact) mass is 260 g/mol. The van der Waals surface area contributed by atoms with Gasteiger partial charge in [0.15, 0.2) is 0 Å². The molecule has 0 unspecified atom stereocenters. The van der Waals surface area contributed by atoms with Gasteiger partial charge in [0.2, 0.25) is 0 Å². The summed E-state index contributed by atoms with van der Waals surface area (Å²) in [7, 11) is -4.05. The Labute approximate surface area is 121 Å². The molecule has 0 radical (unpaired) electrons. The second kappa shape index (κ2) is 10.1. The van der Waals surface area contributed by atoms with Crippen molar-refractivity contribution < 1.29 is 48.1 Å². The predicted octanol–water partition coefficient (Wildman–Crippen LogP) is -0.416. The Bertz CT molecular complexity index is 191. The second-order valence-electron chi connectivity index (χ2n) is 4.48. The van der Waals surface area contributed by atoms with E-state index in [9.17, 15) is 9.46 Å². The first-order valence-electron chi connectivity index (χ1n) is 5.43. The summed E-state index contributed by atoms with van der Waals surface area (Å²) >= 11 is 0. The zero-order chi connectivity index (χ0) is 11.9. The Morgan fingerprint density at radius 1 is 1.00 bits per heavy atom. The van der Waals surface area contributed by atoms with Crippen LogP contribution in [0, 0.1) is 11.8 Å². The van der Waals surface area contributed by atoms with E-state index in [1.807, 2.05) is 27.7 Å². The Balaban J connectivity index is 0. The van der Waals surface area contributed by atoms with E-state index in [1.165, 1.54) is 0 Å². The smallest absolute Gasteiger partial charge is 0.756 e. The third kappa shape index (κ3) is 13.2. The largest absolute Gasteiger partial charge is 1.00 e. The molecule has 0 atom stereocenters. The number of rotatable bonds is 8. The van der Waals surface area contributed by atoms with Gasteiger partial charge in [-0.25, -0.2) is 0 Å². The van der Waals surface area contributed by atoms with Crippen LogP contribution in [0.2, 0.25) is 0 Å². The van der Waals surface area contributed by atoms with Crippen LogP contribution in [0.5, 0.6) is 0 Å². The molecule has 0 heterocycles. The van der Waals surface area contributed by atoms with Gasteiger partial charge in [0.25, 0.3) is 7.82 Å². The fraction of sp³-hybridized carbons (Fsp3) is 1.00. The molecule has 4 nitrogen and oxygen atoms in total. The maximum Gasteiger partial charge on any atom is 1.00 e. The van der Waals surface area contributed by atoms with Gasteiger partial charge in [-0.1, -0.05) is 27.7 Å². The molecule has 0 aliphatic rings. The van der Waals surface area contributed by atoms with Crippen molar-refractivity contribution in [2.45, 2.75) is 40.5 Å². The normalized spacial score (nSPS) is 11.9. The van der Waals surface area contributed by atoms with Gasteiger partial charge < -0.3 is 13.9 Å². The molecular weight excluding hydrogens is 238 g/mol. The molecule has 0 aromatic carbocycles. The molecule has 0 aliphatic heterocycles. The van der Waals surface area contributed by atoms with Crippen LogP contribution in [0.25, 0.3) is 0 Å². The van der Waals surface area contributed by atoms with Crippen molar-refractivity contribution in [2.24, 2.45) is 11.8 Å². The second-order valence-corrected chi connectivity index (χ2v) is 5.89. The van der Waals surface area contributed by atoms with Crippen LogP contribution < -0.4 is 34.5 Å². The summed E-state index contributed by atoms with van der Waals surface area (Å²) < 4.78 is 20.6. The van der Waals surface area contributed by atoms with E-state index in [0.717, 1.165) is 12.8 Å². The summed E-state index contributed by atoms with van der Waals surface area (Å²) in [5.74, 6) is 0.862. The zero-order valence-corrected chi connectivity index (χ0v) is 14.0. The van der Waals surface area contributed by atoms with E-state index in [1.54, 1.807) is 0 Å². The molecule has 0 saturated carbocycles. The Morgan fingerprint density at radius 3 is 1.56 bits per heavy atom. The number of hydrogen-bond donors (Lipinski definition) is 0. The maximum atomic E-state index is 11.2. The Hall–Kier alpha value is 1.11. The van der Waals surface area contributed by atoms with Crippen LogP contribution in [0.3, 0.4) is 0 Å². The van der Waals surface area contributed by atoms with Crippen LogP contribution in [0.4, 0.5) is 0 Å². The van der Waals surface area contributed by atoms with E-state index >= 15 is 0 Å². The van der Waals surface area contributed by atoms with Gasteiger partial charge in [0.05, 0.1) is 13.2 Å². The number of hydrogen-bond acceptors (Lipinski definition) is 4. The molecule has 0 aliphatic carbocycles. The number of phosphoric acid groups is 1. The van der Waals surface area contributed by atoms with E-state index in [0.29, 0.717) is 11.8 Å². The average molecular weight is 260 g/mol. The zero-order valence-electron chi connectivity index (χ0n) is 11.1. The first-order valence-corrected chi connectivity index (χ1v) is 6.89. The molecule has 0 rings (SSSR count). The summed E-state index contributed by atoms with van der Waals surface area (Å²) in [6.07, 6.45) is 1.44. The van der Waals surface area contributed by atoms with Crippen LogP contribution in [0.15, 0.2) is 0 Å². The van der Waals surface area contributed by atoms with Gasteiger partial charge in [0, 0.05) is 0 Å². The molecule has 0 bridgehead atoms. The molecule has 0 N–H and O–H groups in total. The molecule has 0 fully saturated rings. The summed E-state index contributed by atoms with van der Waals surface area (Å²) in [6, 6.07) is 0. The topological polar surface area (TPSA) is 58.6 Å². The molecule has 0 saturated heterocycles. The summed E-state index contributed by atoms with van der Waals surface area (Å²) in [5.41, 5.74) is 0. The molecule has 16 heavy (non-hydrogen) atoms. The Kier molecular flexibility index (Phi) is 12.2. The van der Waals surface area contributed by atoms with Crippen LogP contribution >= 0.6 is 7.82 Å². The van der Waals surface area contributed by atoms with Crippen molar-refractivity contribution in [3.63, 3.8) is 0 Å². The molecule has 0 aromatic heterocycles. The van der Waals surface area contributed by atoms with Gasteiger partial charge in [-0.2, -0.15) is 0 Å². The standard InChI is InChI=1S/C10H23O4P.Na/c1-9(2)5-7-13-15(11,12)14-8-6-10(3)4;/h9-10H,5-8H2,1-4H3,(H,11,12);/q;+1/p-1. The number of phosphoric ester groups is 1. The van der Waals surface area contributed by atoms with E-state index in [-0.39, 0.29) is 42.8 Å². The average Bonchev–Trinajstić information content (AvgIpc) is 2.01. The van der Waals surface area contributed by atoms with Crippen LogP contribution in [-0.2, 0) is 13.6 Å². The van der Waals surface area contributed by atoms with Crippen LogP contribution in [-0.4, -0.2) is 13.2 Å². The summed E-state index contributed by atoms with van der Waals surface area (Å²) in [4.78, 5) is 11.2. The maximum absolute atomic E-state index is 11.2. The van der Waals surface area contributed by atoms with Gasteiger partial charge in [0.1, 0.15) is 0 Å². The third-order valence-corrected chi connectivity index (χ3v) is 2.89. The third-order valence-electron chi connectivity index (χ3n) is 1.89. The van der Waals surface area contributed by atoms with Crippen molar-refractivity contribution >= 4 is 7.82 Å². The molecule has 0 amide bonds. The van der Waals surface area contributed by atoms with E-state index in [2.05, 4.69) is 0 Å². The fourth-order valence-electron chi connectivity index (χ4n) is 0.838. The van der Waals surface area contributed by atoms with Crippen molar-refractivity contribution in [3.8, 4) is 0 Å². The SMILES string of the molecule is CC(C)CCOP(=O)([O-])OCCC(C)C.[Na+]. The molecule has 0 spiro atoms. The minimum absolute atomic E-state index is 0. The Morgan fingerprint density at radius 2 is 1.31 bits per heavy atom. The first kappa shape index (κ1) is 19.4. The first-order chi connectivity index (χ1) is 6.83. The molecule has 6 heteroatoms. The summed E-state index contributed by atoms with van der Waals surface area (Å²) in [5, 5.41) is 0. The summed E-state index contributed by atoms with van der Waals surface area (Å²) in [6.45, 7) is 8.47. The van der Waals surface area contributed by atoms with Crippen molar-refractivity contribution in [2.75, 3.05) is 13.2 Å². The fourth-order valence-corrected chi connectivity index (χ4v) is 1.57. The van der Waals surface area contributed by atoms with Crippen LogP contribution in [0.1, 0.15) is 40.5 Å².